The third-order valence-electron chi connectivity index (χ3n) is 2.76. The van der Waals surface area contributed by atoms with Crippen molar-refractivity contribution in [3.63, 3.8) is 0 Å². The van der Waals surface area contributed by atoms with E-state index in [1.165, 1.54) is 11.3 Å². The van der Waals surface area contributed by atoms with Gasteiger partial charge in [0.05, 0.1) is 7.11 Å². The van der Waals surface area contributed by atoms with Crippen LogP contribution in [0.15, 0.2) is 39.9 Å². The number of benzene rings is 1. The molecule has 0 fully saturated rings. The predicted molar refractivity (Wildman–Crippen MR) is 79.2 cm³/mol. The fourth-order valence-electron chi connectivity index (χ4n) is 1.59. The molecule has 108 valence electrons. The van der Waals surface area contributed by atoms with Crippen LogP contribution in [0.1, 0.15) is 11.1 Å². The van der Waals surface area contributed by atoms with E-state index < -0.39 is 10.0 Å². The van der Waals surface area contributed by atoms with Gasteiger partial charge in [0.2, 0.25) is 10.0 Å². The molecule has 0 radical (unpaired) electrons. The zero-order valence-corrected chi connectivity index (χ0v) is 12.6. The summed E-state index contributed by atoms with van der Waals surface area (Å²) < 4.78 is 32.1. The molecule has 0 atom stereocenters. The van der Waals surface area contributed by atoms with E-state index in [-0.39, 0.29) is 10.8 Å². The Morgan fingerprint density at radius 1 is 1.25 bits per heavy atom. The van der Waals surface area contributed by atoms with Gasteiger partial charge in [-0.25, -0.2) is 13.1 Å². The van der Waals surface area contributed by atoms with Gasteiger partial charge in [0, 0.05) is 13.1 Å². The molecule has 0 aliphatic carbocycles. The highest BCUT2D eigenvalue weighted by atomic mass is 32.2. The summed E-state index contributed by atoms with van der Waals surface area (Å²) in [5.74, 6) is 0.738. The molecule has 2 aromatic rings. The molecule has 1 aromatic carbocycles. The zero-order chi connectivity index (χ0) is 14.6. The quantitative estimate of drug-likeness (QED) is 0.850. The smallest absolute Gasteiger partial charge is 0.250 e. The lowest BCUT2D eigenvalue weighted by Gasteiger charge is -2.06. The van der Waals surface area contributed by atoms with Crippen LogP contribution in [-0.2, 0) is 23.1 Å². The van der Waals surface area contributed by atoms with E-state index in [2.05, 4.69) is 4.72 Å². The molecule has 0 amide bonds. The fourth-order valence-corrected chi connectivity index (χ4v) is 3.88. The molecule has 0 aliphatic heterocycles. The second-order valence-electron chi connectivity index (χ2n) is 4.15. The van der Waals surface area contributed by atoms with Crippen LogP contribution in [-0.4, -0.2) is 15.5 Å². The Morgan fingerprint density at radius 3 is 2.50 bits per heavy atom. The molecule has 20 heavy (non-hydrogen) atoms. The molecule has 2 rings (SSSR count). The van der Waals surface area contributed by atoms with Gasteiger partial charge in [-0.05, 0) is 34.7 Å². The number of methoxy groups -OCH3 is 1. The van der Waals surface area contributed by atoms with E-state index >= 15 is 0 Å². The summed E-state index contributed by atoms with van der Waals surface area (Å²) in [5.41, 5.74) is 7.16. The van der Waals surface area contributed by atoms with Crippen LogP contribution in [0.3, 0.4) is 0 Å². The Balaban J connectivity index is 2.04. The zero-order valence-electron chi connectivity index (χ0n) is 11.0. The first kappa shape index (κ1) is 15.0. The lowest BCUT2D eigenvalue weighted by Crippen LogP contribution is -2.22. The SMILES string of the molecule is COc1ccc(CNS(=O)(=O)c2cc(CN)cs2)cc1. The van der Waals surface area contributed by atoms with E-state index in [4.69, 9.17) is 10.5 Å². The maximum atomic E-state index is 12.1. The van der Waals surface area contributed by atoms with Gasteiger partial charge in [-0.15, -0.1) is 11.3 Å². The Hall–Kier alpha value is -1.41. The van der Waals surface area contributed by atoms with Crippen molar-refractivity contribution in [2.24, 2.45) is 5.73 Å². The number of sulfonamides is 1. The van der Waals surface area contributed by atoms with E-state index in [9.17, 15) is 8.42 Å². The summed E-state index contributed by atoms with van der Waals surface area (Å²) in [4.78, 5) is 0. The van der Waals surface area contributed by atoms with Gasteiger partial charge < -0.3 is 10.5 Å². The molecule has 0 unspecified atom stereocenters. The Morgan fingerprint density at radius 2 is 1.95 bits per heavy atom. The number of ether oxygens (including phenoxy) is 1. The molecule has 1 heterocycles. The van der Waals surface area contributed by atoms with Gasteiger partial charge in [-0.2, -0.15) is 0 Å². The lowest BCUT2D eigenvalue weighted by atomic mass is 10.2. The normalized spacial score (nSPS) is 11.5. The third-order valence-corrected chi connectivity index (χ3v) is 5.65. The molecule has 5 nitrogen and oxygen atoms in total. The summed E-state index contributed by atoms with van der Waals surface area (Å²) >= 11 is 1.17. The molecule has 0 spiro atoms. The first-order valence-corrected chi connectivity index (χ1v) is 8.31. The predicted octanol–water partition coefficient (Wildman–Crippen LogP) is 1.69. The molecule has 3 N–H and O–H groups in total. The highest BCUT2D eigenvalue weighted by Crippen LogP contribution is 2.20. The van der Waals surface area contributed by atoms with E-state index in [1.807, 2.05) is 12.1 Å². The highest BCUT2D eigenvalue weighted by molar-refractivity contribution is 7.91. The first-order chi connectivity index (χ1) is 9.55. The highest BCUT2D eigenvalue weighted by Gasteiger charge is 2.16. The summed E-state index contributed by atoms with van der Waals surface area (Å²) in [6, 6.07) is 8.83. The van der Waals surface area contributed by atoms with Crippen LogP contribution in [0.5, 0.6) is 5.75 Å². The molecule has 0 saturated carbocycles. The Bertz CT molecular complexity index is 663. The minimum absolute atomic E-state index is 0.238. The summed E-state index contributed by atoms with van der Waals surface area (Å²) in [6.07, 6.45) is 0. The lowest BCUT2D eigenvalue weighted by molar-refractivity contribution is 0.414. The summed E-state index contributed by atoms with van der Waals surface area (Å²) in [6.45, 7) is 0.576. The average Bonchev–Trinajstić information content (AvgIpc) is 2.95. The molecule has 0 aliphatic rings. The van der Waals surface area contributed by atoms with Crippen LogP contribution in [0.4, 0.5) is 0 Å². The van der Waals surface area contributed by atoms with E-state index in [0.29, 0.717) is 6.54 Å². The molecular weight excluding hydrogens is 296 g/mol. The van der Waals surface area contributed by atoms with Crippen molar-refractivity contribution in [2.45, 2.75) is 17.3 Å². The van der Waals surface area contributed by atoms with Crippen LogP contribution < -0.4 is 15.2 Å². The minimum atomic E-state index is -3.48. The van der Waals surface area contributed by atoms with Gasteiger partial charge in [-0.3, -0.25) is 0 Å². The van der Waals surface area contributed by atoms with Crippen molar-refractivity contribution >= 4 is 21.4 Å². The second-order valence-corrected chi connectivity index (χ2v) is 7.06. The topological polar surface area (TPSA) is 81.4 Å². The van der Waals surface area contributed by atoms with Crippen LogP contribution >= 0.6 is 11.3 Å². The minimum Gasteiger partial charge on any atom is -0.497 e. The van der Waals surface area contributed by atoms with E-state index in [1.54, 1.807) is 30.7 Å². The molecule has 1 aromatic heterocycles. The number of thiophene rings is 1. The number of hydrogen-bond donors (Lipinski definition) is 2. The monoisotopic (exact) mass is 312 g/mol. The van der Waals surface area contributed by atoms with Gasteiger partial charge >= 0.3 is 0 Å². The molecular formula is C13H16N2O3S2. The van der Waals surface area contributed by atoms with Crippen molar-refractivity contribution < 1.29 is 13.2 Å². The number of rotatable bonds is 6. The van der Waals surface area contributed by atoms with Crippen LogP contribution in [0.2, 0.25) is 0 Å². The van der Waals surface area contributed by atoms with E-state index in [0.717, 1.165) is 16.9 Å². The van der Waals surface area contributed by atoms with Crippen molar-refractivity contribution in [3.8, 4) is 5.75 Å². The number of nitrogens with one attached hydrogen (secondary N) is 1. The molecule has 0 saturated heterocycles. The van der Waals surface area contributed by atoms with Gasteiger partial charge in [0.15, 0.2) is 0 Å². The molecule has 0 bridgehead atoms. The number of hydrogen-bond acceptors (Lipinski definition) is 5. The van der Waals surface area contributed by atoms with Gasteiger partial charge in [0.1, 0.15) is 9.96 Å². The maximum absolute atomic E-state index is 12.1. The van der Waals surface area contributed by atoms with Gasteiger partial charge in [-0.1, -0.05) is 12.1 Å². The largest absolute Gasteiger partial charge is 0.497 e. The fraction of sp³-hybridized carbons (Fsp3) is 0.231. The Kier molecular flexibility index (Phi) is 4.77. The van der Waals surface area contributed by atoms with Crippen molar-refractivity contribution in [3.05, 3.63) is 46.8 Å². The van der Waals surface area contributed by atoms with Crippen LogP contribution in [0, 0.1) is 0 Å². The van der Waals surface area contributed by atoms with Crippen molar-refractivity contribution in [2.75, 3.05) is 7.11 Å². The summed E-state index contributed by atoms with van der Waals surface area (Å²) in [5, 5.41) is 1.75. The summed E-state index contributed by atoms with van der Waals surface area (Å²) in [7, 11) is -1.89. The number of nitrogens with two attached hydrogens (primary N) is 1. The second kappa shape index (κ2) is 6.36. The maximum Gasteiger partial charge on any atom is 0.250 e. The van der Waals surface area contributed by atoms with Gasteiger partial charge in [0.25, 0.3) is 0 Å². The van der Waals surface area contributed by atoms with Crippen LogP contribution in [0.25, 0.3) is 0 Å². The standard InChI is InChI=1S/C13H16N2O3S2/c1-18-12-4-2-10(3-5-12)8-15-20(16,17)13-6-11(7-14)9-19-13/h2-6,9,15H,7-8,14H2,1H3. The van der Waals surface area contributed by atoms with Crippen molar-refractivity contribution in [1.82, 2.24) is 4.72 Å². The van der Waals surface area contributed by atoms with Crippen molar-refractivity contribution in [1.29, 1.82) is 0 Å². The molecule has 7 heteroatoms. The Labute approximate surface area is 122 Å². The average molecular weight is 312 g/mol. The third kappa shape index (κ3) is 3.57. The first-order valence-electron chi connectivity index (χ1n) is 5.95.